The van der Waals surface area contributed by atoms with Crippen molar-refractivity contribution in [3.63, 3.8) is 0 Å². The molecule has 0 radical (unpaired) electrons. The van der Waals surface area contributed by atoms with Crippen LogP contribution in [0.2, 0.25) is 0 Å². The molecule has 34 heavy (non-hydrogen) atoms. The maximum absolute atomic E-state index is 14.2. The van der Waals surface area contributed by atoms with Gasteiger partial charge in [0, 0.05) is 5.56 Å². The molecule has 4 nitrogen and oxygen atoms in total. The fraction of sp³-hybridized carbons (Fsp3) is 0.333. The molecule has 0 bridgehead atoms. The highest BCUT2D eigenvalue weighted by atomic mass is 35.5. The first kappa shape index (κ1) is 25.5. The number of alkyl halides is 3. The Morgan fingerprint density at radius 2 is 1.85 bits per heavy atom. The molecule has 1 fully saturated rings. The van der Waals surface area contributed by atoms with Gasteiger partial charge in [0.1, 0.15) is 23.5 Å². The summed E-state index contributed by atoms with van der Waals surface area (Å²) in [5.41, 5.74) is -0.165. The Morgan fingerprint density at radius 3 is 2.44 bits per heavy atom. The van der Waals surface area contributed by atoms with Gasteiger partial charge in [-0.1, -0.05) is 49.7 Å². The van der Waals surface area contributed by atoms with Crippen LogP contribution in [-0.2, 0) is 16.1 Å². The minimum Gasteiger partial charge on any atom is -0.486 e. The fourth-order valence-corrected chi connectivity index (χ4v) is 3.72. The predicted octanol–water partition coefficient (Wildman–Crippen LogP) is 6.61. The molecule has 0 heterocycles. The molecule has 0 aromatic heterocycles. The van der Waals surface area contributed by atoms with Crippen LogP contribution in [0.5, 0.6) is 5.75 Å². The van der Waals surface area contributed by atoms with Crippen LogP contribution in [-0.4, -0.2) is 12.1 Å². The summed E-state index contributed by atoms with van der Waals surface area (Å²) in [6.45, 7) is 3.09. The van der Waals surface area contributed by atoms with Crippen LogP contribution in [0.1, 0.15) is 31.1 Å². The van der Waals surface area contributed by atoms with E-state index in [0.29, 0.717) is 5.56 Å². The lowest BCUT2D eigenvalue weighted by molar-refractivity contribution is -0.149. The van der Waals surface area contributed by atoms with Crippen molar-refractivity contribution in [2.45, 2.75) is 32.7 Å². The number of ether oxygens (including phenoxy) is 2. The monoisotopic (exact) mass is 499 g/mol. The van der Waals surface area contributed by atoms with E-state index in [1.807, 2.05) is 0 Å². The van der Waals surface area contributed by atoms with E-state index < -0.39 is 52.2 Å². The van der Waals surface area contributed by atoms with Crippen LogP contribution in [0, 0.1) is 40.2 Å². The van der Waals surface area contributed by atoms with Crippen molar-refractivity contribution < 1.29 is 36.2 Å². The number of allylic oxidation sites excluding steroid dienone is 2. The minimum atomic E-state index is -4.73. The van der Waals surface area contributed by atoms with Gasteiger partial charge in [-0.05, 0) is 41.2 Å². The van der Waals surface area contributed by atoms with Crippen LogP contribution in [0.25, 0.3) is 0 Å². The SMILES string of the molecule is CC1(C)[C@H](C(=O)OC(C#N)c2ccc(F)c(OCc3ccc(F)cc3)c2)[C@@H]1/C=C(\Cl)C(F)(F)F. The molecule has 0 amide bonds. The first-order valence-corrected chi connectivity index (χ1v) is 10.4. The Balaban J connectivity index is 1.72. The van der Waals surface area contributed by atoms with Gasteiger partial charge in [0.2, 0.25) is 6.10 Å². The lowest BCUT2D eigenvalue weighted by Crippen LogP contribution is -2.15. The van der Waals surface area contributed by atoms with E-state index in [1.54, 1.807) is 19.9 Å². The predicted molar refractivity (Wildman–Crippen MR) is 112 cm³/mol. The van der Waals surface area contributed by atoms with E-state index in [1.165, 1.54) is 36.4 Å². The number of hydrogen-bond donors (Lipinski definition) is 0. The minimum absolute atomic E-state index is 0.0814. The number of benzene rings is 2. The third-order valence-electron chi connectivity index (χ3n) is 5.68. The summed E-state index contributed by atoms with van der Waals surface area (Å²) < 4.78 is 76.1. The van der Waals surface area contributed by atoms with Gasteiger partial charge in [-0.15, -0.1) is 0 Å². The summed E-state index contributed by atoms with van der Waals surface area (Å²) in [7, 11) is 0. The third kappa shape index (κ3) is 5.68. The number of halogens is 6. The summed E-state index contributed by atoms with van der Waals surface area (Å²) in [6.07, 6.45) is -5.41. The molecule has 2 aromatic carbocycles. The molecule has 3 rings (SSSR count). The number of esters is 1. The molecule has 2 aromatic rings. The van der Waals surface area contributed by atoms with Crippen molar-refractivity contribution in [3.8, 4) is 11.8 Å². The van der Waals surface area contributed by atoms with Crippen LogP contribution >= 0.6 is 11.6 Å². The normalized spacial score (nSPS) is 20.3. The first-order chi connectivity index (χ1) is 15.8. The molecule has 1 aliphatic rings. The lowest BCUT2D eigenvalue weighted by Gasteiger charge is -2.14. The molecule has 10 heteroatoms. The Kier molecular flexibility index (Phi) is 7.22. The van der Waals surface area contributed by atoms with Crippen LogP contribution in [0.3, 0.4) is 0 Å². The number of rotatable bonds is 7. The highest BCUT2D eigenvalue weighted by Crippen LogP contribution is 2.60. The molecule has 0 aliphatic heterocycles. The number of nitriles is 1. The molecular formula is C24H19ClF5NO3. The highest BCUT2D eigenvalue weighted by molar-refractivity contribution is 6.30. The van der Waals surface area contributed by atoms with E-state index in [-0.39, 0.29) is 17.9 Å². The van der Waals surface area contributed by atoms with Crippen molar-refractivity contribution in [2.24, 2.45) is 17.3 Å². The standard InChI is InChI=1S/C24H19ClF5NO3/c1-23(2)16(10-20(25)24(28,29)30)21(23)22(32)34-19(11-31)14-5-8-17(27)18(9-14)33-12-13-3-6-15(26)7-4-13/h3-10,16,19,21H,12H2,1-2H3/b20-10-/t16-,19?,21-/m0/s1. The Morgan fingerprint density at radius 1 is 1.21 bits per heavy atom. The van der Waals surface area contributed by atoms with Crippen molar-refractivity contribution in [3.05, 3.63) is 76.3 Å². The molecule has 1 unspecified atom stereocenters. The van der Waals surface area contributed by atoms with Crippen LogP contribution in [0.4, 0.5) is 22.0 Å². The second-order valence-electron chi connectivity index (χ2n) is 8.39. The molecule has 180 valence electrons. The number of hydrogen-bond acceptors (Lipinski definition) is 4. The van der Waals surface area contributed by atoms with E-state index in [4.69, 9.17) is 21.1 Å². The van der Waals surface area contributed by atoms with Crippen molar-refractivity contribution in [1.82, 2.24) is 0 Å². The molecule has 0 saturated heterocycles. The molecule has 1 saturated carbocycles. The highest BCUT2D eigenvalue weighted by Gasteiger charge is 2.62. The molecule has 3 atom stereocenters. The average molecular weight is 500 g/mol. The largest absolute Gasteiger partial charge is 0.486 e. The van der Waals surface area contributed by atoms with Gasteiger partial charge in [-0.3, -0.25) is 4.79 Å². The second-order valence-corrected chi connectivity index (χ2v) is 8.80. The summed E-state index contributed by atoms with van der Waals surface area (Å²) in [5, 5.41) is 8.16. The Labute approximate surface area is 197 Å². The second kappa shape index (κ2) is 9.63. The topological polar surface area (TPSA) is 59.3 Å². The lowest BCUT2D eigenvalue weighted by atomic mass is 10.1. The number of carbonyl (C=O) groups is 1. The van der Waals surface area contributed by atoms with Crippen molar-refractivity contribution in [1.29, 1.82) is 5.26 Å². The van der Waals surface area contributed by atoms with Gasteiger partial charge in [0.05, 0.1) is 5.92 Å². The zero-order chi connectivity index (χ0) is 25.3. The Hall–Kier alpha value is -3.12. The molecule has 0 N–H and O–H groups in total. The quantitative estimate of drug-likeness (QED) is 0.318. The van der Waals surface area contributed by atoms with Crippen molar-refractivity contribution >= 4 is 17.6 Å². The zero-order valence-electron chi connectivity index (χ0n) is 18.0. The number of nitrogens with zero attached hydrogens (tertiary/aromatic N) is 1. The Bertz CT molecular complexity index is 1140. The maximum atomic E-state index is 14.2. The van der Waals surface area contributed by atoms with E-state index in [0.717, 1.165) is 12.1 Å². The van der Waals surface area contributed by atoms with Gasteiger partial charge in [0.15, 0.2) is 11.6 Å². The van der Waals surface area contributed by atoms with Gasteiger partial charge in [-0.25, -0.2) is 8.78 Å². The fourth-order valence-electron chi connectivity index (χ4n) is 3.58. The van der Waals surface area contributed by atoms with Gasteiger partial charge >= 0.3 is 12.1 Å². The van der Waals surface area contributed by atoms with Crippen molar-refractivity contribution in [2.75, 3.05) is 0 Å². The van der Waals surface area contributed by atoms with E-state index >= 15 is 0 Å². The molecule has 1 aliphatic carbocycles. The third-order valence-corrected chi connectivity index (χ3v) is 6.02. The number of carbonyl (C=O) groups excluding carboxylic acids is 1. The van der Waals surface area contributed by atoms with Gasteiger partial charge < -0.3 is 9.47 Å². The average Bonchev–Trinajstić information content (AvgIpc) is 3.31. The van der Waals surface area contributed by atoms with E-state index in [2.05, 4.69) is 0 Å². The summed E-state index contributed by atoms with van der Waals surface area (Å²) in [6, 6.07) is 10.6. The van der Waals surface area contributed by atoms with Gasteiger partial charge in [-0.2, -0.15) is 18.4 Å². The first-order valence-electron chi connectivity index (χ1n) is 10.1. The van der Waals surface area contributed by atoms with Crippen LogP contribution in [0.15, 0.2) is 53.6 Å². The van der Waals surface area contributed by atoms with Gasteiger partial charge in [0.25, 0.3) is 0 Å². The molecule has 0 spiro atoms. The smallest absolute Gasteiger partial charge is 0.426 e. The molecular weight excluding hydrogens is 481 g/mol. The van der Waals surface area contributed by atoms with E-state index in [9.17, 15) is 32.0 Å². The maximum Gasteiger partial charge on any atom is 0.426 e. The summed E-state index contributed by atoms with van der Waals surface area (Å²) in [5.74, 6) is -4.02. The van der Waals surface area contributed by atoms with Crippen LogP contribution < -0.4 is 4.74 Å². The zero-order valence-corrected chi connectivity index (χ0v) is 18.8. The summed E-state index contributed by atoms with van der Waals surface area (Å²) in [4.78, 5) is 12.6. The summed E-state index contributed by atoms with van der Waals surface area (Å²) >= 11 is 5.30.